The van der Waals surface area contributed by atoms with Crippen molar-refractivity contribution in [2.45, 2.75) is 344 Å². The first-order valence-corrected chi connectivity index (χ1v) is 30.9. The van der Waals surface area contributed by atoms with E-state index in [1.165, 1.54) is 205 Å². The van der Waals surface area contributed by atoms with Crippen LogP contribution in [-0.4, -0.2) is 140 Å². The van der Waals surface area contributed by atoms with E-state index in [0.717, 1.165) is 38.5 Å². The van der Waals surface area contributed by atoms with Crippen LogP contribution in [0.5, 0.6) is 0 Å². The van der Waals surface area contributed by atoms with Crippen LogP contribution < -0.4 is 5.32 Å². The van der Waals surface area contributed by atoms with Gasteiger partial charge in [0.2, 0.25) is 5.91 Å². The third-order valence-electron chi connectivity index (χ3n) is 15.5. The van der Waals surface area contributed by atoms with Crippen molar-refractivity contribution >= 4 is 5.91 Å². The Kier molecular flexibility index (Phi) is 43.4. The van der Waals surface area contributed by atoms with Gasteiger partial charge in [0.25, 0.3) is 0 Å². The Balaban J connectivity index is 1.65. The van der Waals surface area contributed by atoms with E-state index >= 15 is 0 Å². The van der Waals surface area contributed by atoms with E-state index in [9.17, 15) is 45.6 Å². The quantitative estimate of drug-likeness (QED) is 0.0204. The fraction of sp³-hybridized carbons (Fsp3) is 0.950. The van der Waals surface area contributed by atoms with E-state index in [2.05, 4.69) is 19.2 Å². The number of amides is 1. The van der Waals surface area contributed by atoms with Crippen LogP contribution >= 0.6 is 0 Å². The number of aliphatic hydroxyl groups excluding tert-OH is 8. The van der Waals surface area contributed by atoms with Gasteiger partial charge in [-0.1, -0.05) is 257 Å². The molecule has 14 nitrogen and oxygen atoms in total. The van der Waals surface area contributed by atoms with Crippen LogP contribution in [0.2, 0.25) is 0 Å². The van der Waals surface area contributed by atoms with Crippen molar-refractivity contribution in [3.05, 3.63) is 12.2 Å². The average Bonchev–Trinajstić information content (AvgIpc) is 3.40. The molecule has 2 rings (SSSR count). The molecule has 0 saturated carbocycles. The third-order valence-corrected chi connectivity index (χ3v) is 15.5. The highest BCUT2D eigenvalue weighted by atomic mass is 16.7. The van der Waals surface area contributed by atoms with Crippen molar-refractivity contribution in [2.75, 3.05) is 19.8 Å². The van der Waals surface area contributed by atoms with Gasteiger partial charge in [0.05, 0.1) is 32.0 Å². The first-order valence-electron chi connectivity index (χ1n) is 30.9. The van der Waals surface area contributed by atoms with Gasteiger partial charge in [-0.2, -0.15) is 0 Å². The molecule has 0 aliphatic carbocycles. The molecule has 1 amide bonds. The van der Waals surface area contributed by atoms with Crippen molar-refractivity contribution in [1.29, 1.82) is 0 Å². The summed E-state index contributed by atoms with van der Waals surface area (Å²) in [5, 5.41) is 86.9. The predicted octanol–water partition coefficient (Wildman–Crippen LogP) is 10.7. The molecule has 0 spiro atoms. The zero-order valence-electron chi connectivity index (χ0n) is 47.1. The van der Waals surface area contributed by atoms with Crippen LogP contribution in [0.15, 0.2) is 12.2 Å². The molecule has 0 aromatic heterocycles. The van der Waals surface area contributed by atoms with Crippen molar-refractivity contribution in [3.63, 3.8) is 0 Å². The second-order valence-corrected chi connectivity index (χ2v) is 22.2. The lowest BCUT2D eigenvalue weighted by atomic mass is 9.97. The van der Waals surface area contributed by atoms with Gasteiger partial charge in [0.15, 0.2) is 12.6 Å². The molecule has 0 aromatic rings. The largest absolute Gasteiger partial charge is 0.394 e. The maximum absolute atomic E-state index is 13.2. The number of hydrogen-bond acceptors (Lipinski definition) is 13. The highest BCUT2D eigenvalue weighted by Crippen LogP contribution is 2.30. The maximum atomic E-state index is 13.2. The summed E-state index contributed by atoms with van der Waals surface area (Å²) in [4.78, 5) is 13.2. The van der Waals surface area contributed by atoms with E-state index in [4.69, 9.17) is 18.9 Å². The molecule has 0 radical (unpaired) electrons. The number of unbranched alkanes of at least 4 members (excludes halogenated alkanes) is 37. The topological polar surface area (TPSA) is 228 Å². The molecule has 12 unspecified atom stereocenters. The molecule has 74 heavy (non-hydrogen) atoms. The number of carbonyl (C=O) groups is 1. The number of aliphatic hydroxyl groups is 8. The minimum atomic E-state index is -1.78. The molecular weight excluding hydrogens is 943 g/mol. The first-order chi connectivity index (χ1) is 36.1. The summed E-state index contributed by atoms with van der Waals surface area (Å²) in [6.07, 6.45) is 37.2. The normalized spacial score (nSPS) is 25.2. The minimum Gasteiger partial charge on any atom is -0.394 e. The Morgan fingerprint density at radius 1 is 0.473 bits per heavy atom. The minimum absolute atomic E-state index is 0.238. The molecule has 2 fully saturated rings. The Hall–Kier alpha value is -1.27. The number of rotatable bonds is 50. The van der Waals surface area contributed by atoms with Gasteiger partial charge in [-0.05, 0) is 19.3 Å². The van der Waals surface area contributed by atoms with Gasteiger partial charge in [0.1, 0.15) is 48.8 Å². The monoisotopic (exact) mass is 1060 g/mol. The van der Waals surface area contributed by atoms with Crippen molar-refractivity contribution in [1.82, 2.24) is 5.32 Å². The van der Waals surface area contributed by atoms with Gasteiger partial charge >= 0.3 is 0 Å². The van der Waals surface area contributed by atoms with Crippen LogP contribution in [0.25, 0.3) is 0 Å². The summed E-state index contributed by atoms with van der Waals surface area (Å²) in [7, 11) is 0. The second-order valence-electron chi connectivity index (χ2n) is 22.2. The van der Waals surface area contributed by atoms with Crippen molar-refractivity contribution in [2.24, 2.45) is 0 Å². The molecule has 438 valence electrons. The Bertz CT molecular complexity index is 1290. The summed E-state index contributed by atoms with van der Waals surface area (Å²) in [6, 6.07) is -0.908. The molecule has 2 heterocycles. The summed E-state index contributed by atoms with van der Waals surface area (Å²) < 4.78 is 22.7. The molecule has 0 bridgehead atoms. The molecular formula is C60H115NO13. The molecule has 12 atom stereocenters. The Morgan fingerprint density at radius 2 is 0.838 bits per heavy atom. The number of ether oxygens (including phenoxy) is 4. The van der Waals surface area contributed by atoms with Gasteiger partial charge in [-0.15, -0.1) is 0 Å². The molecule has 2 aliphatic heterocycles. The lowest BCUT2D eigenvalue weighted by Gasteiger charge is -2.46. The summed E-state index contributed by atoms with van der Waals surface area (Å²) >= 11 is 0. The van der Waals surface area contributed by atoms with E-state index in [-0.39, 0.29) is 18.9 Å². The number of nitrogens with one attached hydrogen (secondary N) is 1. The molecule has 9 N–H and O–H groups in total. The summed E-state index contributed by atoms with van der Waals surface area (Å²) in [5.41, 5.74) is 0. The van der Waals surface area contributed by atoms with Crippen molar-refractivity contribution in [3.8, 4) is 0 Å². The smallest absolute Gasteiger partial charge is 0.220 e. The van der Waals surface area contributed by atoms with E-state index in [1.54, 1.807) is 6.08 Å². The zero-order valence-corrected chi connectivity index (χ0v) is 47.1. The van der Waals surface area contributed by atoms with E-state index in [1.807, 2.05) is 6.08 Å². The molecule has 2 aliphatic rings. The SMILES string of the molecule is CCCCCCCCCCCCCCCCCCCCCCCCCCCCCC/C=C/C(O)C(COC1OC(CO)C(OC2OC(CO)C(O)C(O)C2O)C(O)C1O)NC(=O)CCCCCCCCCCCC. The van der Waals surface area contributed by atoms with Crippen LogP contribution in [0, 0.1) is 0 Å². The van der Waals surface area contributed by atoms with Crippen LogP contribution in [0.4, 0.5) is 0 Å². The lowest BCUT2D eigenvalue weighted by molar-refractivity contribution is -0.359. The predicted molar refractivity (Wildman–Crippen MR) is 295 cm³/mol. The van der Waals surface area contributed by atoms with Crippen LogP contribution in [0.1, 0.15) is 271 Å². The molecule has 14 heteroatoms. The fourth-order valence-electron chi connectivity index (χ4n) is 10.5. The standard InChI is InChI=1S/C60H115NO13/c1-3-5-7-9-11-13-15-16-17-18-19-20-21-22-23-24-25-26-27-28-29-30-31-32-33-34-35-37-39-41-43-49(64)48(61-52(65)44-42-40-38-36-14-12-10-8-6-4-2)47-71-59-57(70)55(68)58(51(46-63)73-59)74-60-56(69)54(67)53(66)50(45-62)72-60/h41,43,48-51,53-60,62-64,66-70H,3-40,42,44-47H2,1-2H3,(H,61,65)/b43-41+. The number of carbonyl (C=O) groups excluding carboxylic acids is 1. The number of hydrogen-bond donors (Lipinski definition) is 9. The second kappa shape index (κ2) is 46.6. The Morgan fingerprint density at radius 3 is 1.24 bits per heavy atom. The van der Waals surface area contributed by atoms with Gasteiger partial charge in [-0.3, -0.25) is 4.79 Å². The first kappa shape index (κ1) is 68.8. The average molecular weight is 1060 g/mol. The van der Waals surface area contributed by atoms with Gasteiger partial charge < -0.3 is 65.1 Å². The highest BCUT2D eigenvalue weighted by Gasteiger charge is 2.51. The van der Waals surface area contributed by atoms with E-state index in [0.29, 0.717) is 6.42 Å². The summed E-state index contributed by atoms with van der Waals surface area (Å²) in [6.45, 7) is 2.80. The van der Waals surface area contributed by atoms with Gasteiger partial charge in [-0.25, -0.2) is 0 Å². The fourth-order valence-corrected chi connectivity index (χ4v) is 10.5. The lowest BCUT2D eigenvalue weighted by Crippen LogP contribution is -2.65. The van der Waals surface area contributed by atoms with E-state index < -0.39 is 86.8 Å². The van der Waals surface area contributed by atoms with Crippen LogP contribution in [-0.2, 0) is 23.7 Å². The van der Waals surface area contributed by atoms with Crippen molar-refractivity contribution < 1.29 is 64.6 Å². The van der Waals surface area contributed by atoms with Gasteiger partial charge in [0, 0.05) is 6.42 Å². The summed E-state index contributed by atoms with van der Waals surface area (Å²) in [5.74, 6) is -0.238. The zero-order chi connectivity index (χ0) is 53.9. The highest BCUT2D eigenvalue weighted by molar-refractivity contribution is 5.76. The molecule has 0 aromatic carbocycles. The molecule has 2 saturated heterocycles. The van der Waals surface area contributed by atoms with Crippen LogP contribution in [0.3, 0.4) is 0 Å². The Labute approximate surface area is 450 Å². The third kappa shape index (κ3) is 32.0. The maximum Gasteiger partial charge on any atom is 0.220 e. The number of allylic oxidation sites excluding steroid dienone is 1.